The van der Waals surface area contributed by atoms with Crippen molar-refractivity contribution in [2.75, 3.05) is 11.9 Å². The van der Waals surface area contributed by atoms with Crippen LogP contribution in [0.5, 0.6) is 5.75 Å². The minimum Gasteiger partial charge on any atom is -0.508 e. The largest absolute Gasteiger partial charge is 0.508 e. The number of fused-ring (bicyclic) bond motifs is 1. The molecular weight excluding hydrogens is 364 g/mol. The summed E-state index contributed by atoms with van der Waals surface area (Å²) in [7, 11) is 1.91. The van der Waals surface area contributed by atoms with Crippen molar-refractivity contribution >= 4 is 11.4 Å². The second-order valence-electron chi connectivity index (χ2n) is 7.46. The number of hydrogen-bond donors (Lipinski definition) is 4. The van der Waals surface area contributed by atoms with E-state index in [0.717, 1.165) is 40.1 Å². The summed E-state index contributed by atoms with van der Waals surface area (Å²) in [5.41, 5.74) is 13.0. The summed E-state index contributed by atoms with van der Waals surface area (Å²) in [6.07, 6.45) is 4.67. The molecule has 7 nitrogen and oxygen atoms in total. The van der Waals surface area contributed by atoms with Gasteiger partial charge in [0.2, 0.25) is 0 Å². The van der Waals surface area contributed by atoms with Gasteiger partial charge in [-0.25, -0.2) is 5.84 Å². The Morgan fingerprint density at radius 2 is 1.93 bits per heavy atom. The molecule has 0 fully saturated rings. The third-order valence-corrected chi connectivity index (χ3v) is 5.25. The number of aromatic hydroxyl groups is 1. The lowest BCUT2D eigenvalue weighted by Crippen LogP contribution is -2.31. The molecule has 1 aromatic heterocycles. The quantitative estimate of drug-likeness (QED) is 0.404. The topological polar surface area (TPSA) is 105 Å². The Morgan fingerprint density at radius 1 is 1.17 bits per heavy atom. The lowest BCUT2D eigenvalue weighted by atomic mass is 9.93. The SMILES string of the molecule is C/C(N)=C1\c2ccc(-c3cnn(C)c3)cc2C(Nc2ccc(O)cc2)CCN1N. The fraction of sp³-hybridized carbons (Fsp3) is 0.227. The van der Waals surface area contributed by atoms with E-state index in [9.17, 15) is 5.11 Å². The van der Waals surface area contributed by atoms with Gasteiger partial charge in [0.25, 0.3) is 0 Å². The first-order chi connectivity index (χ1) is 13.9. The molecule has 0 amide bonds. The number of hydrogen-bond acceptors (Lipinski definition) is 6. The van der Waals surface area contributed by atoms with Crippen molar-refractivity contribution in [3.63, 3.8) is 0 Å². The molecule has 0 aliphatic carbocycles. The van der Waals surface area contributed by atoms with Crippen molar-refractivity contribution < 1.29 is 5.11 Å². The normalized spacial score (nSPS) is 18.2. The number of allylic oxidation sites excluding steroid dienone is 1. The Morgan fingerprint density at radius 3 is 2.59 bits per heavy atom. The van der Waals surface area contributed by atoms with Crippen molar-refractivity contribution in [2.24, 2.45) is 18.6 Å². The highest BCUT2D eigenvalue weighted by Crippen LogP contribution is 2.37. The number of phenols is 1. The van der Waals surface area contributed by atoms with Gasteiger partial charge < -0.3 is 21.2 Å². The highest BCUT2D eigenvalue weighted by Gasteiger charge is 2.26. The van der Waals surface area contributed by atoms with Gasteiger partial charge in [0.05, 0.1) is 17.9 Å². The number of benzene rings is 2. The summed E-state index contributed by atoms with van der Waals surface area (Å²) in [5.74, 6) is 6.59. The van der Waals surface area contributed by atoms with E-state index in [1.807, 2.05) is 38.5 Å². The average molecular weight is 390 g/mol. The maximum absolute atomic E-state index is 9.58. The van der Waals surface area contributed by atoms with Gasteiger partial charge in [0.15, 0.2) is 0 Å². The summed E-state index contributed by atoms with van der Waals surface area (Å²) in [5, 5.41) is 19.2. The number of rotatable bonds is 3. The van der Waals surface area contributed by atoms with E-state index in [1.54, 1.807) is 21.8 Å². The summed E-state index contributed by atoms with van der Waals surface area (Å²) in [4.78, 5) is 0. The smallest absolute Gasteiger partial charge is 0.115 e. The summed E-state index contributed by atoms with van der Waals surface area (Å²) in [6, 6.07) is 13.5. The number of anilines is 1. The van der Waals surface area contributed by atoms with E-state index in [2.05, 4.69) is 28.6 Å². The van der Waals surface area contributed by atoms with Crippen LogP contribution in [0.4, 0.5) is 5.69 Å². The molecule has 6 N–H and O–H groups in total. The number of nitrogens with zero attached hydrogens (tertiary/aromatic N) is 3. The molecule has 0 saturated carbocycles. The third-order valence-electron chi connectivity index (χ3n) is 5.25. The van der Waals surface area contributed by atoms with Crippen LogP contribution in [0.3, 0.4) is 0 Å². The maximum Gasteiger partial charge on any atom is 0.115 e. The number of aromatic nitrogens is 2. The van der Waals surface area contributed by atoms with Gasteiger partial charge in [-0.05, 0) is 54.8 Å². The fourth-order valence-corrected chi connectivity index (χ4v) is 3.85. The molecule has 0 saturated heterocycles. The lowest BCUT2D eigenvalue weighted by Gasteiger charge is -2.22. The van der Waals surface area contributed by atoms with Gasteiger partial charge in [-0.2, -0.15) is 5.10 Å². The zero-order valence-electron chi connectivity index (χ0n) is 16.6. The molecule has 2 aromatic carbocycles. The lowest BCUT2D eigenvalue weighted by molar-refractivity contribution is 0.402. The van der Waals surface area contributed by atoms with Crippen LogP contribution in [0.15, 0.2) is 60.6 Å². The van der Waals surface area contributed by atoms with E-state index in [1.165, 1.54) is 0 Å². The molecule has 2 heterocycles. The van der Waals surface area contributed by atoms with Gasteiger partial charge in [-0.3, -0.25) is 4.68 Å². The van der Waals surface area contributed by atoms with E-state index < -0.39 is 0 Å². The Bertz CT molecular complexity index is 1050. The maximum atomic E-state index is 9.58. The second kappa shape index (κ2) is 7.52. The van der Waals surface area contributed by atoms with E-state index in [-0.39, 0.29) is 11.8 Å². The Balaban J connectivity index is 1.82. The molecule has 1 aliphatic heterocycles. The molecule has 3 aromatic rings. The van der Waals surface area contributed by atoms with Gasteiger partial charge >= 0.3 is 0 Å². The molecule has 29 heavy (non-hydrogen) atoms. The first-order valence-corrected chi connectivity index (χ1v) is 9.60. The van der Waals surface area contributed by atoms with Crippen LogP contribution < -0.4 is 16.9 Å². The minimum absolute atomic E-state index is 0.0362. The molecule has 0 bridgehead atoms. The Kier molecular flexibility index (Phi) is 4.90. The van der Waals surface area contributed by atoms with E-state index in [4.69, 9.17) is 11.6 Å². The number of aryl methyl sites for hydroxylation is 1. The molecule has 1 unspecified atom stereocenters. The van der Waals surface area contributed by atoms with Gasteiger partial charge in [0, 0.05) is 42.3 Å². The van der Waals surface area contributed by atoms with Crippen LogP contribution in [-0.2, 0) is 7.05 Å². The minimum atomic E-state index is 0.0362. The molecule has 0 spiro atoms. The molecule has 150 valence electrons. The Labute approximate surface area is 170 Å². The summed E-state index contributed by atoms with van der Waals surface area (Å²) in [6.45, 7) is 2.54. The number of nitrogens with one attached hydrogen (secondary N) is 1. The van der Waals surface area contributed by atoms with Gasteiger partial charge in [-0.15, -0.1) is 0 Å². The fourth-order valence-electron chi connectivity index (χ4n) is 3.85. The standard InChI is InChI=1S/C22H26N6O/c1-14(23)22-19-8-3-15(16-12-25-27(2)13-16)11-20(19)21(9-10-28(22)24)26-17-4-6-18(29)7-5-17/h3-8,11-13,21,26,29H,9-10,23-24H2,1-2H3/b22-14-. The van der Waals surface area contributed by atoms with Crippen molar-refractivity contribution in [1.82, 2.24) is 14.8 Å². The van der Waals surface area contributed by atoms with Crippen molar-refractivity contribution in [3.8, 4) is 16.9 Å². The summed E-state index contributed by atoms with van der Waals surface area (Å²) >= 11 is 0. The zero-order valence-corrected chi connectivity index (χ0v) is 16.6. The second-order valence-corrected chi connectivity index (χ2v) is 7.46. The van der Waals surface area contributed by atoms with Crippen molar-refractivity contribution in [2.45, 2.75) is 19.4 Å². The van der Waals surface area contributed by atoms with E-state index >= 15 is 0 Å². The zero-order chi connectivity index (χ0) is 20.5. The molecule has 0 radical (unpaired) electrons. The average Bonchev–Trinajstić information content (AvgIpc) is 3.07. The van der Waals surface area contributed by atoms with Crippen molar-refractivity contribution in [3.05, 3.63) is 71.7 Å². The molecule has 4 rings (SSSR count). The van der Waals surface area contributed by atoms with Crippen LogP contribution in [0, 0.1) is 0 Å². The monoisotopic (exact) mass is 390 g/mol. The Hall–Kier alpha value is -3.45. The van der Waals surface area contributed by atoms with E-state index in [0.29, 0.717) is 12.2 Å². The highest BCUT2D eigenvalue weighted by molar-refractivity contribution is 5.74. The molecular formula is C22H26N6O. The first-order valence-electron chi connectivity index (χ1n) is 9.60. The number of nitrogens with two attached hydrogens (primary N) is 2. The number of phenolic OH excluding ortho intramolecular Hbond substituents is 1. The number of hydrazine groups is 1. The third kappa shape index (κ3) is 3.77. The van der Waals surface area contributed by atoms with Gasteiger partial charge in [-0.1, -0.05) is 12.1 Å². The predicted molar refractivity (Wildman–Crippen MR) is 115 cm³/mol. The van der Waals surface area contributed by atoms with Crippen molar-refractivity contribution in [1.29, 1.82) is 0 Å². The van der Waals surface area contributed by atoms with Crippen LogP contribution in [0.25, 0.3) is 16.8 Å². The molecule has 1 aliphatic rings. The van der Waals surface area contributed by atoms with Crippen LogP contribution in [-0.4, -0.2) is 26.4 Å². The first kappa shape index (κ1) is 18.9. The molecule has 7 heteroatoms. The van der Waals surface area contributed by atoms with Crippen LogP contribution >= 0.6 is 0 Å². The highest BCUT2D eigenvalue weighted by atomic mass is 16.3. The van der Waals surface area contributed by atoms with Crippen LogP contribution in [0.1, 0.15) is 30.5 Å². The summed E-state index contributed by atoms with van der Waals surface area (Å²) < 4.78 is 1.80. The van der Waals surface area contributed by atoms with Gasteiger partial charge in [0.1, 0.15) is 5.75 Å². The predicted octanol–water partition coefficient (Wildman–Crippen LogP) is 3.17. The molecule has 1 atom stereocenters. The van der Waals surface area contributed by atoms with Crippen LogP contribution in [0.2, 0.25) is 0 Å².